The highest BCUT2D eigenvalue weighted by atomic mass is 16.4. The SMILES string of the molecule is CC(C)(C)c1ccc2c(c1)C(=O)C(=O)N2Cc1ccccc1C(=O)O. The zero-order chi connectivity index (χ0) is 18.4. The monoisotopic (exact) mass is 337 g/mol. The van der Waals surface area contributed by atoms with Crippen LogP contribution in [0.25, 0.3) is 0 Å². The van der Waals surface area contributed by atoms with Gasteiger partial charge in [0.1, 0.15) is 0 Å². The number of carboxylic acid groups (broad SMARTS) is 1. The number of nitrogens with zero attached hydrogens (tertiary/aromatic N) is 1. The third-order valence-corrected chi connectivity index (χ3v) is 4.41. The minimum absolute atomic E-state index is 0.0505. The standard InChI is InChI=1S/C20H19NO4/c1-20(2,3)13-8-9-16-15(10-13)17(22)18(23)21(16)11-12-6-4-5-7-14(12)19(24)25/h4-10H,11H2,1-3H3,(H,24,25). The molecule has 128 valence electrons. The molecule has 3 rings (SSSR count). The van der Waals surface area contributed by atoms with Gasteiger partial charge in [0.15, 0.2) is 0 Å². The summed E-state index contributed by atoms with van der Waals surface area (Å²) in [7, 11) is 0. The topological polar surface area (TPSA) is 74.7 Å². The zero-order valence-electron chi connectivity index (χ0n) is 14.4. The first-order chi connectivity index (χ1) is 11.7. The number of carbonyl (C=O) groups is 3. The van der Waals surface area contributed by atoms with Gasteiger partial charge in [-0.05, 0) is 34.7 Å². The molecule has 0 spiro atoms. The Bertz CT molecular complexity index is 893. The highest BCUT2D eigenvalue weighted by Crippen LogP contribution is 2.34. The van der Waals surface area contributed by atoms with Crippen molar-refractivity contribution in [1.29, 1.82) is 0 Å². The van der Waals surface area contributed by atoms with Gasteiger partial charge in [-0.1, -0.05) is 45.0 Å². The van der Waals surface area contributed by atoms with Gasteiger partial charge in [-0.2, -0.15) is 0 Å². The number of fused-ring (bicyclic) bond motifs is 1. The fourth-order valence-corrected chi connectivity index (χ4v) is 2.96. The van der Waals surface area contributed by atoms with E-state index in [0.29, 0.717) is 16.8 Å². The number of benzene rings is 2. The summed E-state index contributed by atoms with van der Waals surface area (Å²) >= 11 is 0. The van der Waals surface area contributed by atoms with Crippen LogP contribution in [-0.4, -0.2) is 22.8 Å². The fourth-order valence-electron chi connectivity index (χ4n) is 2.96. The van der Waals surface area contributed by atoms with Gasteiger partial charge in [0.05, 0.1) is 23.4 Å². The van der Waals surface area contributed by atoms with Gasteiger partial charge >= 0.3 is 5.97 Å². The second kappa shape index (κ2) is 5.84. The van der Waals surface area contributed by atoms with Gasteiger partial charge in [0, 0.05) is 0 Å². The molecular weight excluding hydrogens is 318 g/mol. The highest BCUT2D eigenvalue weighted by molar-refractivity contribution is 6.52. The molecule has 2 aromatic rings. The summed E-state index contributed by atoms with van der Waals surface area (Å²) in [6, 6.07) is 11.9. The van der Waals surface area contributed by atoms with E-state index in [9.17, 15) is 19.5 Å². The van der Waals surface area contributed by atoms with Crippen molar-refractivity contribution in [2.45, 2.75) is 32.7 Å². The molecule has 0 aromatic heterocycles. The van der Waals surface area contributed by atoms with Crippen molar-refractivity contribution in [2.75, 3.05) is 4.90 Å². The maximum atomic E-state index is 12.4. The summed E-state index contributed by atoms with van der Waals surface area (Å²) < 4.78 is 0. The van der Waals surface area contributed by atoms with E-state index in [4.69, 9.17) is 0 Å². The van der Waals surface area contributed by atoms with E-state index in [1.807, 2.05) is 26.8 Å². The summed E-state index contributed by atoms with van der Waals surface area (Å²) in [4.78, 5) is 37.5. The van der Waals surface area contributed by atoms with Crippen molar-refractivity contribution in [3.63, 3.8) is 0 Å². The lowest BCUT2D eigenvalue weighted by Crippen LogP contribution is -2.29. The molecule has 0 atom stereocenters. The molecule has 5 nitrogen and oxygen atoms in total. The lowest BCUT2D eigenvalue weighted by molar-refractivity contribution is -0.114. The normalized spacial score (nSPS) is 14.0. The minimum Gasteiger partial charge on any atom is -0.478 e. The van der Waals surface area contributed by atoms with Crippen molar-refractivity contribution < 1.29 is 19.5 Å². The Labute approximate surface area is 145 Å². The van der Waals surface area contributed by atoms with Crippen molar-refractivity contribution >= 4 is 23.3 Å². The van der Waals surface area contributed by atoms with Crippen LogP contribution in [-0.2, 0) is 16.8 Å². The molecule has 1 aliphatic heterocycles. The number of aromatic carboxylic acids is 1. The lowest BCUT2D eigenvalue weighted by atomic mass is 9.86. The van der Waals surface area contributed by atoms with E-state index >= 15 is 0 Å². The molecule has 0 saturated carbocycles. The number of amides is 1. The number of rotatable bonds is 3. The second-order valence-corrected chi connectivity index (χ2v) is 7.16. The predicted molar refractivity (Wildman–Crippen MR) is 94.1 cm³/mol. The molecule has 0 radical (unpaired) electrons. The number of carbonyl (C=O) groups excluding carboxylic acids is 2. The van der Waals surface area contributed by atoms with Crippen molar-refractivity contribution in [2.24, 2.45) is 0 Å². The predicted octanol–water partition coefficient (Wildman–Crippen LogP) is 3.41. The highest BCUT2D eigenvalue weighted by Gasteiger charge is 2.37. The molecule has 25 heavy (non-hydrogen) atoms. The Morgan fingerprint density at radius 2 is 1.76 bits per heavy atom. The minimum atomic E-state index is -1.06. The van der Waals surface area contributed by atoms with Crippen LogP contribution in [0.2, 0.25) is 0 Å². The van der Waals surface area contributed by atoms with Crippen LogP contribution in [0.1, 0.15) is 52.6 Å². The van der Waals surface area contributed by atoms with Crippen LogP contribution in [0, 0.1) is 0 Å². The molecule has 0 fully saturated rings. The zero-order valence-corrected chi connectivity index (χ0v) is 14.4. The maximum Gasteiger partial charge on any atom is 0.336 e. The molecule has 5 heteroatoms. The number of hydrogen-bond donors (Lipinski definition) is 1. The molecule has 0 saturated heterocycles. The average Bonchev–Trinajstić information content (AvgIpc) is 2.79. The first kappa shape index (κ1) is 16.9. The smallest absolute Gasteiger partial charge is 0.336 e. The third-order valence-electron chi connectivity index (χ3n) is 4.41. The van der Waals surface area contributed by atoms with Gasteiger partial charge in [0.2, 0.25) is 0 Å². The van der Waals surface area contributed by atoms with Crippen LogP contribution in [0.3, 0.4) is 0 Å². The summed E-state index contributed by atoms with van der Waals surface area (Å²) in [6.45, 7) is 6.17. The van der Waals surface area contributed by atoms with Gasteiger partial charge in [-0.15, -0.1) is 0 Å². The van der Waals surface area contributed by atoms with Crippen LogP contribution in [0.4, 0.5) is 5.69 Å². The van der Waals surface area contributed by atoms with E-state index in [0.717, 1.165) is 5.56 Å². The largest absolute Gasteiger partial charge is 0.478 e. The molecular formula is C20H19NO4. The molecule has 1 N–H and O–H groups in total. The van der Waals surface area contributed by atoms with E-state index in [-0.39, 0.29) is 17.5 Å². The maximum absolute atomic E-state index is 12.4. The van der Waals surface area contributed by atoms with Crippen LogP contribution in [0.15, 0.2) is 42.5 Å². The van der Waals surface area contributed by atoms with Gasteiger partial charge < -0.3 is 10.0 Å². The Kier molecular flexibility index (Phi) is 3.95. The Balaban J connectivity index is 2.03. The van der Waals surface area contributed by atoms with E-state index < -0.39 is 17.7 Å². The quantitative estimate of drug-likeness (QED) is 0.871. The summed E-state index contributed by atoms with van der Waals surface area (Å²) in [5, 5.41) is 9.31. The van der Waals surface area contributed by atoms with Gasteiger partial charge in [-0.25, -0.2) is 4.79 Å². The molecule has 0 aliphatic carbocycles. The number of anilines is 1. The van der Waals surface area contributed by atoms with Gasteiger partial charge in [0.25, 0.3) is 11.7 Å². The van der Waals surface area contributed by atoms with Crippen molar-refractivity contribution in [1.82, 2.24) is 0 Å². The molecule has 0 unspecified atom stereocenters. The third kappa shape index (κ3) is 2.93. The molecule has 2 aromatic carbocycles. The molecule has 1 heterocycles. The Hall–Kier alpha value is -2.95. The summed E-state index contributed by atoms with van der Waals surface area (Å²) in [5.74, 6) is -2.23. The Morgan fingerprint density at radius 1 is 1.08 bits per heavy atom. The number of carboxylic acids is 1. The van der Waals surface area contributed by atoms with Gasteiger partial charge in [-0.3, -0.25) is 9.59 Å². The van der Waals surface area contributed by atoms with Crippen LogP contribution < -0.4 is 4.90 Å². The number of ketones is 1. The molecule has 1 aliphatic rings. The molecule has 0 bridgehead atoms. The Morgan fingerprint density at radius 3 is 2.40 bits per heavy atom. The van der Waals surface area contributed by atoms with E-state index in [2.05, 4.69) is 0 Å². The second-order valence-electron chi connectivity index (χ2n) is 7.16. The van der Waals surface area contributed by atoms with E-state index in [1.165, 1.54) is 11.0 Å². The van der Waals surface area contributed by atoms with E-state index in [1.54, 1.807) is 30.3 Å². The summed E-state index contributed by atoms with van der Waals surface area (Å²) in [6.07, 6.45) is 0. The first-order valence-electron chi connectivity index (χ1n) is 8.02. The number of hydrogen-bond acceptors (Lipinski definition) is 3. The lowest BCUT2D eigenvalue weighted by Gasteiger charge is -2.21. The average molecular weight is 337 g/mol. The first-order valence-corrected chi connectivity index (χ1v) is 8.02. The van der Waals surface area contributed by atoms with Crippen molar-refractivity contribution in [3.05, 3.63) is 64.7 Å². The van der Waals surface area contributed by atoms with Crippen molar-refractivity contribution in [3.8, 4) is 0 Å². The van der Waals surface area contributed by atoms with Crippen LogP contribution in [0.5, 0.6) is 0 Å². The fraction of sp³-hybridized carbons (Fsp3) is 0.250. The molecule has 1 amide bonds. The number of Topliss-reactive ketones (excluding diaryl/α,β-unsaturated/α-hetero) is 1. The summed E-state index contributed by atoms with van der Waals surface area (Å²) in [5.41, 5.74) is 2.36. The van der Waals surface area contributed by atoms with Crippen LogP contribution >= 0.6 is 0 Å².